The van der Waals surface area contributed by atoms with E-state index in [-0.39, 0.29) is 6.54 Å². The van der Waals surface area contributed by atoms with Crippen molar-refractivity contribution in [2.75, 3.05) is 13.1 Å². The molecule has 5 nitrogen and oxygen atoms in total. The number of aliphatic hydroxyl groups is 2. The van der Waals surface area contributed by atoms with Crippen molar-refractivity contribution in [2.45, 2.75) is 123 Å². The van der Waals surface area contributed by atoms with Gasteiger partial charge in [-0.1, -0.05) is 110 Å². The quantitative estimate of drug-likeness (QED) is 0.106. The Morgan fingerprint density at radius 3 is 1.52 bits per heavy atom. The standard InChI is InChI=1S/C24H47NO4/c1-4-5-6-7-8-9-10-11-12-13-14-15-16-17-18-19-20-25(21-23(26)27)29-24(28)22(2)3/h23,26-27H,2,4-21H2,1,3H3. The molecule has 5 heteroatoms. The first-order valence-corrected chi connectivity index (χ1v) is 12.0. The smallest absolute Gasteiger partial charge is 0.352 e. The first-order chi connectivity index (χ1) is 14.0. The summed E-state index contributed by atoms with van der Waals surface area (Å²) in [7, 11) is 0. The number of carbonyl (C=O) groups is 1. The van der Waals surface area contributed by atoms with E-state index in [2.05, 4.69) is 13.5 Å². The van der Waals surface area contributed by atoms with Crippen molar-refractivity contribution in [3.05, 3.63) is 12.2 Å². The molecule has 2 N–H and O–H groups in total. The van der Waals surface area contributed by atoms with Crippen LogP contribution in [0.3, 0.4) is 0 Å². The first-order valence-electron chi connectivity index (χ1n) is 12.0. The summed E-state index contributed by atoms with van der Waals surface area (Å²) in [6.45, 7) is 7.79. The van der Waals surface area contributed by atoms with Gasteiger partial charge in [0.05, 0.1) is 6.54 Å². The molecule has 0 radical (unpaired) electrons. The topological polar surface area (TPSA) is 70.0 Å². The number of carbonyl (C=O) groups excluding carboxylic acids is 1. The van der Waals surface area contributed by atoms with Gasteiger partial charge in [0, 0.05) is 12.1 Å². The maximum absolute atomic E-state index is 11.6. The third kappa shape index (κ3) is 20.2. The van der Waals surface area contributed by atoms with Gasteiger partial charge in [-0.2, -0.15) is 0 Å². The Balaban J connectivity index is 3.47. The summed E-state index contributed by atoms with van der Waals surface area (Å²) in [5.74, 6) is -0.526. The Bertz CT molecular complexity index is 398. The van der Waals surface area contributed by atoms with E-state index in [4.69, 9.17) is 15.1 Å². The lowest BCUT2D eigenvalue weighted by atomic mass is 10.0. The van der Waals surface area contributed by atoms with Gasteiger partial charge in [-0.25, -0.2) is 4.79 Å². The summed E-state index contributed by atoms with van der Waals surface area (Å²) in [6, 6.07) is 0. The summed E-state index contributed by atoms with van der Waals surface area (Å²) in [4.78, 5) is 16.7. The number of hydroxylamine groups is 2. The zero-order chi connectivity index (χ0) is 21.7. The number of rotatable bonds is 21. The van der Waals surface area contributed by atoms with Crippen molar-refractivity contribution in [3.63, 3.8) is 0 Å². The van der Waals surface area contributed by atoms with E-state index in [1.165, 1.54) is 95.0 Å². The van der Waals surface area contributed by atoms with Crippen molar-refractivity contribution in [1.82, 2.24) is 5.06 Å². The highest BCUT2D eigenvalue weighted by Crippen LogP contribution is 2.14. The molecule has 0 spiro atoms. The van der Waals surface area contributed by atoms with E-state index < -0.39 is 12.3 Å². The van der Waals surface area contributed by atoms with Crippen molar-refractivity contribution in [2.24, 2.45) is 0 Å². The van der Waals surface area contributed by atoms with Crippen LogP contribution >= 0.6 is 0 Å². The molecule has 0 aliphatic carbocycles. The lowest BCUT2D eigenvalue weighted by Crippen LogP contribution is -2.35. The molecule has 0 unspecified atom stereocenters. The molecule has 0 aromatic carbocycles. The normalized spacial score (nSPS) is 11.4. The van der Waals surface area contributed by atoms with Crippen LogP contribution in [0.5, 0.6) is 0 Å². The third-order valence-corrected chi connectivity index (χ3v) is 5.19. The van der Waals surface area contributed by atoms with Crippen molar-refractivity contribution >= 4 is 5.97 Å². The molecular formula is C24H47NO4. The average molecular weight is 414 g/mol. The SMILES string of the molecule is C=C(C)C(=O)ON(CCCCCCCCCCCCCCCCCC)CC(O)O. The van der Waals surface area contributed by atoms with Gasteiger partial charge >= 0.3 is 5.97 Å². The minimum atomic E-state index is -1.52. The van der Waals surface area contributed by atoms with Gasteiger partial charge < -0.3 is 15.1 Å². The molecule has 0 heterocycles. The number of aliphatic hydroxyl groups excluding tert-OH is 1. The summed E-state index contributed by atoms with van der Waals surface area (Å²) in [5, 5.41) is 19.5. The molecule has 0 rings (SSSR count). The highest BCUT2D eigenvalue weighted by atomic mass is 16.7. The fourth-order valence-electron chi connectivity index (χ4n) is 3.39. The van der Waals surface area contributed by atoms with Gasteiger partial charge in [0.25, 0.3) is 0 Å². The Labute approximate surface area is 179 Å². The van der Waals surface area contributed by atoms with Crippen LogP contribution in [-0.4, -0.2) is 40.6 Å². The Hall–Kier alpha value is -0.910. The lowest BCUT2D eigenvalue weighted by molar-refractivity contribution is -0.203. The monoisotopic (exact) mass is 413 g/mol. The molecule has 0 fully saturated rings. The van der Waals surface area contributed by atoms with Gasteiger partial charge in [-0.15, -0.1) is 5.06 Å². The van der Waals surface area contributed by atoms with Crippen molar-refractivity contribution in [3.8, 4) is 0 Å². The molecule has 0 aromatic rings. The van der Waals surface area contributed by atoms with E-state index >= 15 is 0 Å². The minimum Gasteiger partial charge on any atom is -0.367 e. The minimum absolute atomic E-state index is 0.0994. The van der Waals surface area contributed by atoms with Crippen LogP contribution in [0.15, 0.2) is 12.2 Å². The predicted molar refractivity (Wildman–Crippen MR) is 120 cm³/mol. The first kappa shape index (κ1) is 28.1. The largest absolute Gasteiger partial charge is 0.367 e. The molecule has 0 aromatic heterocycles. The van der Waals surface area contributed by atoms with Crippen LogP contribution in [-0.2, 0) is 9.63 Å². The summed E-state index contributed by atoms with van der Waals surface area (Å²) in [6.07, 6.45) is 19.4. The highest BCUT2D eigenvalue weighted by molar-refractivity contribution is 5.86. The van der Waals surface area contributed by atoms with Gasteiger partial charge in [0.1, 0.15) is 0 Å². The maximum atomic E-state index is 11.6. The molecule has 0 atom stereocenters. The Kier molecular flexibility index (Phi) is 19.7. The summed E-state index contributed by atoms with van der Waals surface area (Å²) in [5.41, 5.74) is 0.300. The lowest BCUT2D eigenvalue weighted by Gasteiger charge is -2.21. The molecule has 0 amide bonds. The second kappa shape index (κ2) is 20.4. The van der Waals surface area contributed by atoms with Gasteiger partial charge in [-0.05, 0) is 13.3 Å². The summed E-state index contributed by atoms with van der Waals surface area (Å²) < 4.78 is 0. The Morgan fingerprint density at radius 1 is 0.793 bits per heavy atom. The maximum Gasteiger partial charge on any atom is 0.352 e. The van der Waals surface area contributed by atoms with E-state index in [1.54, 1.807) is 6.92 Å². The number of hydrogen-bond donors (Lipinski definition) is 2. The van der Waals surface area contributed by atoms with E-state index in [0.717, 1.165) is 12.8 Å². The van der Waals surface area contributed by atoms with Crippen LogP contribution in [0, 0.1) is 0 Å². The number of hydrogen-bond acceptors (Lipinski definition) is 5. The van der Waals surface area contributed by atoms with Crippen LogP contribution in [0.1, 0.15) is 117 Å². The van der Waals surface area contributed by atoms with Crippen LogP contribution in [0.25, 0.3) is 0 Å². The van der Waals surface area contributed by atoms with Crippen molar-refractivity contribution in [1.29, 1.82) is 0 Å². The second-order valence-corrected chi connectivity index (χ2v) is 8.33. The molecule has 0 aliphatic rings. The van der Waals surface area contributed by atoms with Crippen LogP contribution in [0.2, 0.25) is 0 Å². The second-order valence-electron chi connectivity index (χ2n) is 8.33. The van der Waals surface area contributed by atoms with E-state index in [1.807, 2.05) is 0 Å². The average Bonchev–Trinajstić information content (AvgIpc) is 2.66. The molecular weight excluding hydrogens is 366 g/mol. The van der Waals surface area contributed by atoms with Gasteiger partial charge in [0.15, 0.2) is 6.29 Å². The van der Waals surface area contributed by atoms with E-state index in [9.17, 15) is 4.79 Å². The van der Waals surface area contributed by atoms with E-state index in [0.29, 0.717) is 12.1 Å². The van der Waals surface area contributed by atoms with Crippen molar-refractivity contribution < 1.29 is 19.8 Å². The highest BCUT2D eigenvalue weighted by Gasteiger charge is 2.15. The predicted octanol–water partition coefficient (Wildman–Crippen LogP) is 5.89. The number of nitrogens with zero attached hydrogens (tertiary/aromatic N) is 1. The molecule has 29 heavy (non-hydrogen) atoms. The molecule has 0 saturated carbocycles. The molecule has 0 saturated heterocycles. The molecule has 172 valence electrons. The zero-order valence-corrected chi connectivity index (χ0v) is 19.2. The fraction of sp³-hybridized carbons (Fsp3) is 0.875. The van der Waals surface area contributed by atoms with Gasteiger partial charge in [0.2, 0.25) is 0 Å². The van der Waals surface area contributed by atoms with Crippen LogP contribution in [0.4, 0.5) is 0 Å². The van der Waals surface area contributed by atoms with Crippen LogP contribution < -0.4 is 0 Å². The zero-order valence-electron chi connectivity index (χ0n) is 19.2. The summed E-state index contributed by atoms with van der Waals surface area (Å²) >= 11 is 0. The number of unbranched alkanes of at least 4 members (excludes halogenated alkanes) is 15. The molecule has 0 bridgehead atoms. The molecule has 0 aliphatic heterocycles. The third-order valence-electron chi connectivity index (χ3n) is 5.19. The Morgan fingerprint density at radius 2 is 1.17 bits per heavy atom. The van der Waals surface area contributed by atoms with Gasteiger partial charge in [-0.3, -0.25) is 0 Å². The fourth-order valence-corrected chi connectivity index (χ4v) is 3.39.